The highest BCUT2D eigenvalue weighted by Crippen LogP contribution is 2.26. The fraction of sp³-hybridized carbons (Fsp3) is 0.417. The Bertz CT molecular complexity index is 617. The highest BCUT2D eigenvalue weighted by Gasteiger charge is 2.25. The second-order valence-electron chi connectivity index (χ2n) is 5.13. The molecule has 0 spiro atoms. The summed E-state index contributed by atoms with van der Waals surface area (Å²) in [5, 5.41) is 0. The number of esters is 1. The standard InChI is InChI=1S/C12H16FNO4S/c1-7-9(11(15)18-12(2,3)4)5-8(14)6-10(7)19(13,16)17/h5-6H,14H2,1-4H3. The van der Waals surface area contributed by atoms with Crippen LogP contribution in [0.15, 0.2) is 17.0 Å². The van der Waals surface area contributed by atoms with E-state index in [-0.39, 0.29) is 16.8 Å². The van der Waals surface area contributed by atoms with E-state index >= 15 is 0 Å². The third-order valence-corrected chi connectivity index (χ3v) is 3.21. The van der Waals surface area contributed by atoms with Crippen LogP contribution in [0, 0.1) is 6.92 Å². The molecule has 1 aromatic rings. The van der Waals surface area contributed by atoms with Gasteiger partial charge in [0, 0.05) is 5.69 Å². The largest absolute Gasteiger partial charge is 0.456 e. The maximum atomic E-state index is 13.1. The number of carbonyl (C=O) groups excluding carboxylic acids is 1. The van der Waals surface area contributed by atoms with E-state index in [9.17, 15) is 17.1 Å². The van der Waals surface area contributed by atoms with Crippen molar-refractivity contribution in [3.05, 3.63) is 23.3 Å². The highest BCUT2D eigenvalue weighted by molar-refractivity contribution is 7.86. The molecule has 2 N–H and O–H groups in total. The van der Waals surface area contributed by atoms with E-state index in [2.05, 4.69) is 0 Å². The number of ether oxygens (including phenoxy) is 1. The van der Waals surface area contributed by atoms with Crippen LogP contribution < -0.4 is 5.73 Å². The zero-order valence-corrected chi connectivity index (χ0v) is 12.0. The van der Waals surface area contributed by atoms with Gasteiger partial charge in [0.05, 0.1) is 5.56 Å². The first-order chi connectivity index (χ1) is 8.42. The van der Waals surface area contributed by atoms with Gasteiger partial charge in [-0.1, -0.05) is 0 Å². The summed E-state index contributed by atoms with van der Waals surface area (Å²) in [6.07, 6.45) is 0. The van der Waals surface area contributed by atoms with Crippen LogP contribution >= 0.6 is 0 Å². The summed E-state index contributed by atoms with van der Waals surface area (Å²) in [5.41, 5.74) is 4.63. The Morgan fingerprint density at radius 1 is 1.32 bits per heavy atom. The van der Waals surface area contributed by atoms with Crippen molar-refractivity contribution in [2.24, 2.45) is 0 Å². The lowest BCUT2D eigenvalue weighted by molar-refractivity contribution is 0.00685. The summed E-state index contributed by atoms with van der Waals surface area (Å²) in [6, 6.07) is 2.23. The van der Waals surface area contributed by atoms with Gasteiger partial charge in [0.15, 0.2) is 0 Å². The topological polar surface area (TPSA) is 86.5 Å². The van der Waals surface area contributed by atoms with Gasteiger partial charge in [0.2, 0.25) is 0 Å². The van der Waals surface area contributed by atoms with Crippen LogP contribution in [0.3, 0.4) is 0 Å². The molecule has 106 valence electrons. The molecule has 0 bridgehead atoms. The Hall–Kier alpha value is -1.63. The van der Waals surface area contributed by atoms with Crippen LogP contribution in [0.2, 0.25) is 0 Å². The number of nitrogen functional groups attached to an aromatic ring is 1. The molecular formula is C12H16FNO4S. The van der Waals surface area contributed by atoms with Crippen molar-refractivity contribution in [1.82, 2.24) is 0 Å². The molecule has 0 aromatic heterocycles. The first-order valence-electron chi connectivity index (χ1n) is 5.50. The molecule has 0 unspecified atom stereocenters. The van der Waals surface area contributed by atoms with Gasteiger partial charge in [-0.25, -0.2) is 4.79 Å². The van der Waals surface area contributed by atoms with Gasteiger partial charge in [-0.3, -0.25) is 0 Å². The van der Waals surface area contributed by atoms with E-state index in [0.717, 1.165) is 6.07 Å². The summed E-state index contributed by atoms with van der Waals surface area (Å²) >= 11 is 0. The van der Waals surface area contributed by atoms with Gasteiger partial charge in [-0.2, -0.15) is 8.42 Å². The van der Waals surface area contributed by atoms with E-state index in [1.165, 1.54) is 13.0 Å². The lowest BCUT2D eigenvalue weighted by Gasteiger charge is -2.20. The van der Waals surface area contributed by atoms with Crippen molar-refractivity contribution < 1.29 is 21.8 Å². The summed E-state index contributed by atoms with van der Waals surface area (Å²) in [5.74, 6) is -0.748. The van der Waals surface area contributed by atoms with E-state index in [1.807, 2.05) is 0 Å². The summed E-state index contributed by atoms with van der Waals surface area (Å²) in [7, 11) is -4.94. The molecule has 7 heteroatoms. The van der Waals surface area contributed by atoms with Gasteiger partial charge in [-0.05, 0) is 45.4 Å². The SMILES string of the molecule is Cc1c(C(=O)OC(C)(C)C)cc(N)cc1S(=O)(=O)F. The molecule has 0 atom stereocenters. The van der Waals surface area contributed by atoms with Gasteiger partial charge in [0.25, 0.3) is 0 Å². The number of nitrogens with two attached hydrogens (primary N) is 1. The van der Waals surface area contributed by atoms with Crippen molar-refractivity contribution in [2.45, 2.75) is 38.2 Å². The third kappa shape index (κ3) is 3.92. The van der Waals surface area contributed by atoms with Crippen molar-refractivity contribution >= 4 is 21.9 Å². The Morgan fingerprint density at radius 2 is 1.84 bits per heavy atom. The number of anilines is 1. The van der Waals surface area contributed by atoms with Crippen molar-refractivity contribution in [3.63, 3.8) is 0 Å². The molecule has 0 aliphatic carbocycles. The predicted octanol–water partition coefficient (Wildman–Crippen LogP) is 2.19. The fourth-order valence-corrected chi connectivity index (χ4v) is 2.26. The van der Waals surface area contributed by atoms with Gasteiger partial charge in [0.1, 0.15) is 10.5 Å². The lowest BCUT2D eigenvalue weighted by Crippen LogP contribution is -2.24. The number of rotatable bonds is 2. The molecule has 0 saturated carbocycles. The maximum Gasteiger partial charge on any atom is 0.339 e. The summed E-state index contributed by atoms with van der Waals surface area (Å²) in [6.45, 7) is 6.32. The number of carbonyl (C=O) groups is 1. The Morgan fingerprint density at radius 3 is 2.26 bits per heavy atom. The minimum atomic E-state index is -4.94. The first kappa shape index (κ1) is 15.4. The maximum absolute atomic E-state index is 13.1. The van der Waals surface area contributed by atoms with Gasteiger partial charge < -0.3 is 10.5 Å². The Kier molecular flexibility index (Phi) is 3.90. The van der Waals surface area contributed by atoms with E-state index < -0.39 is 26.7 Å². The van der Waals surface area contributed by atoms with Crippen LogP contribution in [0.1, 0.15) is 36.7 Å². The lowest BCUT2D eigenvalue weighted by atomic mass is 10.1. The van der Waals surface area contributed by atoms with Crippen LogP contribution in [0.5, 0.6) is 0 Å². The molecule has 0 saturated heterocycles. The number of halogens is 1. The number of hydrogen-bond acceptors (Lipinski definition) is 5. The molecule has 0 radical (unpaired) electrons. The van der Waals surface area contributed by atoms with Gasteiger partial charge >= 0.3 is 16.2 Å². The molecule has 19 heavy (non-hydrogen) atoms. The average Bonchev–Trinajstić information content (AvgIpc) is 2.16. The van der Waals surface area contributed by atoms with E-state index in [0.29, 0.717) is 0 Å². The molecule has 0 heterocycles. The van der Waals surface area contributed by atoms with Crippen LogP contribution in [0.25, 0.3) is 0 Å². The second kappa shape index (κ2) is 4.80. The van der Waals surface area contributed by atoms with Crippen molar-refractivity contribution in [1.29, 1.82) is 0 Å². The third-order valence-electron chi connectivity index (χ3n) is 2.26. The average molecular weight is 289 g/mol. The molecule has 0 amide bonds. The first-order valence-corrected chi connectivity index (χ1v) is 6.88. The molecule has 0 aliphatic heterocycles. The molecule has 0 aliphatic rings. The monoisotopic (exact) mass is 289 g/mol. The second-order valence-corrected chi connectivity index (χ2v) is 6.45. The number of hydrogen-bond donors (Lipinski definition) is 1. The quantitative estimate of drug-likeness (QED) is 0.512. The Balaban J connectivity index is 3.38. The fourth-order valence-electron chi connectivity index (χ4n) is 1.51. The predicted molar refractivity (Wildman–Crippen MR) is 69.1 cm³/mol. The molecule has 5 nitrogen and oxygen atoms in total. The minimum Gasteiger partial charge on any atom is -0.456 e. The summed E-state index contributed by atoms with van der Waals surface area (Å²) < 4.78 is 40.2. The Labute approximate surface area is 111 Å². The van der Waals surface area contributed by atoms with Crippen LogP contribution in [0.4, 0.5) is 9.57 Å². The smallest absolute Gasteiger partial charge is 0.339 e. The van der Waals surface area contributed by atoms with E-state index in [1.54, 1.807) is 20.8 Å². The molecular weight excluding hydrogens is 273 g/mol. The molecule has 0 fully saturated rings. The zero-order valence-electron chi connectivity index (χ0n) is 11.2. The van der Waals surface area contributed by atoms with Crippen LogP contribution in [-0.2, 0) is 15.0 Å². The summed E-state index contributed by atoms with van der Waals surface area (Å²) in [4.78, 5) is 11.3. The van der Waals surface area contributed by atoms with Crippen molar-refractivity contribution in [2.75, 3.05) is 5.73 Å². The molecule has 1 rings (SSSR count). The van der Waals surface area contributed by atoms with Gasteiger partial charge in [-0.15, -0.1) is 3.89 Å². The normalized spacial score (nSPS) is 12.3. The number of benzene rings is 1. The molecule has 1 aromatic carbocycles. The minimum absolute atomic E-state index is 0.0223. The van der Waals surface area contributed by atoms with Crippen molar-refractivity contribution in [3.8, 4) is 0 Å². The zero-order chi connectivity index (χ0) is 15.0. The van der Waals surface area contributed by atoms with Crippen LogP contribution in [-0.4, -0.2) is 20.0 Å². The highest BCUT2D eigenvalue weighted by atomic mass is 32.3. The van der Waals surface area contributed by atoms with E-state index in [4.69, 9.17) is 10.5 Å².